The first-order chi connectivity index (χ1) is 9.11. The molecule has 0 amide bonds. The standard InChI is InChI=1S/C16H15Br2N/c1-3-10(2)19-15-8-11(17)4-6-13(15)14-7-5-12(18)9-16(14)19/h4-10H,3H2,1-2H3. The Bertz CT molecular complexity index is 699. The summed E-state index contributed by atoms with van der Waals surface area (Å²) in [4.78, 5) is 0. The Balaban J connectivity index is 2.50. The van der Waals surface area contributed by atoms with E-state index in [9.17, 15) is 0 Å². The van der Waals surface area contributed by atoms with Gasteiger partial charge in [0.15, 0.2) is 0 Å². The van der Waals surface area contributed by atoms with Crippen molar-refractivity contribution in [1.82, 2.24) is 4.57 Å². The Morgan fingerprint density at radius 3 is 1.84 bits per heavy atom. The van der Waals surface area contributed by atoms with E-state index in [0.717, 1.165) is 15.4 Å². The van der Waals surface area contributed by atoms with Gasteiger partial charge in [0.1, 0.15) is 0 Å². The average Bonchev–Trinajstić information content (AvgIpc) is 2.70. The molecule has 19 heavy (non-hydrogen) atoms. The minimum Gasteiger partial charge on any atom is -0.338 e. The minimum atomic E-state index is 0.489. The van der Waals surface area contributed by atoms with Gasteiger partial charge in [0, 0.05) is 25.8 Å². The molecule has 0 saturated heterocycles. The van der Waals surface area contributed by atoms with Gasteiger partial charge in [-0.25, -0.2) is 0 Å². The molecule has 0 radical (unpaired) electrons. The van der Waals surface area contributed by atoms with Crippen molar-refractivity contribution in [2.45, 2.75) is 26.3 Å². The Morgan fingerprint density at radius 2 is 1.42 bits per heavy atom. The van der Waals surface area contributed by atoms with Crippen LogP contribution in [0.3, 0.4) is 0 Å². The monoisotopic (exact) mass is 379 g/mol. The van der Waals surface area contributed by atoms with Crippen LogP contribution in [0.25, 0.3) is 21.8 Å². The van der Waals surface area contributed by atoms with Crippen molar-refractivity contribution >= 4 is 53.7 Å². The van der Waals surface area contributed by atoms with Crippen LogP contribution >= 0.6 is 31.9 Å². The lowest BCUT2D eigenvalue weighted by atomic mass is 10.2. The second kappa shape index (κ2) is 4.95. The molecule has 98 valence electrons. The Hall–Kier alpha value is -0.800. The van der Waals surface area contributed by atoms with E-state index in [4.69, 9.17) is 0 Å². The van der Waals surface area contributed by atoms with Crippen molar-refractivity contribution in [3.05, 3.63) is 45.3 Å². The highest BCUT2D eigenvalue weighted by molar-refractivity contribution is 9.10. The molecule has 0 aliphatic rings. The molecule has 0 fully saturated rings. The van der Waals surface area contributed by atoms with E-state index < -0.39 is 0 Å². The molecule has 3 aromatic rings. The molecule has 0 aliphatic carbocycles. The average molecular weight is 381 g/mol. The zero-order chi connectivity index (χ0) is 13.6. The predicted octanol–water partition coefficient (Wildman–Crippen LogP) is 6.29. The molecule has 0 N–H and O–H groups in total. The summed E-state index contributed by atoms with van der Waals surface area (Å²) in [7, 11) is 0. The molecular formula is C16H15Br2N. The lowest BCUT2D eigenvalue weighted by molar-refractivity contribution is 0.563. The molecule has 1 atom stereocenters. The number of nitrogens with zero attached hydrogens (tertiary/aromatic N) is 1. The maximum Gasteiger partial charge on any atom is 0.0505 e. The molecule has 1 heterocycles. The Kier molecular flexibility index (Phi) is 3.44. The first-order valence-electron chi connectivity index (χ1n) is 6.50. The van der Waals surface area contributed by atoms with Crippen molar-refractivity contribution in [3.8, 4) is 0 Å². The van der Waals surface area contributed by atoms with E-state index in [1.54, 1.807) is 0 Å². The lowest BCUT2D eigenvalue weighted by Crippen LogP contribution is -2.03. The van der Waals surface area contributed by atoms with E-state index >= 15 is 0 Å². The van der Waals surface area contributed by atoms with Gasteiger partial charge < -0.3 is 4.57 Å². The van der Waals surface area contributed by atoms with Crippen LogP contribution in [0.5, 0.6) is 0 Å². The third-order valence-corrected chi connectivity index (χ3v) is 4.75. The summed E-state index contributed by atoms with van der Waals surface area (Å²) in [6.07, 6.45) is 1.12. The van der Waals surface area contributed by atoms with Crippen LogP contribution in [0.2, 0.25) is 0 Å². The highest BCUT2D eigenvalue weighted by Crippen LogP contribution is 2.35. The molecule has 0 saturated carbocycles. The zero-order valence-corrected chi connectivity index (χ0v) is 14.1. The fourth-order valence-corrected chi connectivity index (χ4v) is 3.35. The van der Waals surface area contributed by atoms with Crippen molar-refractivity contribution in [2.24, 2.45) is 0 Å². The third kappa shape index (κ3) is 2.13. The summed E-state index contributed by atoms with van der Waals surface area (Å²) < 4.78 is 4.71. The van der Waals surface area contributed by atoms with E-state index in [1.165, 1.54) is 21.8 Å². The molecule has 3 rings (SSSR count). The van der Waals surface area contributed by atoms with Crippen LogP contribution in [0.15, 0.2) is 45.3 Å². The van der Waals surface area contributed by atoms with Crippen molar-refractivity contribution in [2.75, 3.05) is 0 Å². The van der Waals surface area contributed by atoms with E-state index in [0.29, 0.717) is 6.04 Å². The van der Waals surface area contributed by atoms with Crippen LogP contribution in [-0.4, -0.2) is 4.57 Å². The number of aromatic nitrogens is 1. The van der Waals surface area contributed by atoms with Gasteiger partial charge in [0.2, 0.25) is 0 Å². The van der Waals surface area contributed by atoms with Crippen LogP contribution in [-0.2, 0) is 0 Å². The van der Waals surface area contributed by atoms with Crippen molar-refractivity contribution < 1.29 is 0 Å². The largest absolute Gasteiger partial charge is 0.338 e. The second-order valence-electron chi connectivity index (χ2n) is 4.95. The minimum absolute atomic E-state index is 0.489. The number of benzene rings is 2. The topological polar surface area (TPSA) is 4.93 Å². The van der Waals surface area contributed by atoms with Gasteiger partial charge in [-0.15, -0.1) is 0 Å². The number of rotatable bonds is 2. The van der Waals surface area contributed by atoms with Gasteiger partial charge in [-0.3, -0.25) is 0 Å². The summed E-state index contributed by atoms with van der Waals surface area (Å²) in [5.74, 6) is 0. The fraction of sp³-hybridized carbons (Fsp3) is 0.250. The molecule has 1 unspecified atom stereocenters. The van der Waals surface area contributed by atoms with Crippen LogP contribution in [0, 0.1) is 0 Å². The van der Waals surface area contributed by atoms with Crippen LogP contribution in [0.4, 0.5) is 0 Å². The SMILES string of the molecule is CCC(C)n1c2cc(Br)ccc2c2ccc(Br)cc21. The number of hydrogen-bond donors (Lipinski definition) is 0. The first kappa shape index (κ1) is 13.2. The predicted molar refractivity (Wildman–Crippen MR) is 89.8 cm³/mol. The molecule has 0 spiro atoms. The number of fused-ring (bicyclic) bond motifs is 3. The van der Waals surface area contributed by atoms with Crippen molar-refractivity contribution in [1.29, 1.82) is 0 Å². The molecule has 3 heteroatoms. The normalized spacial score (nSPS) is 13.3. The highest BCUT2D eigenvalue weighted by Gasteiger charge is 2.14. The van der Waals surface area contributed by atoms with E-state index in [-0.39, 0.29) is 0 Å². The molecule has 2 aromatic carbocycles. The number of hydrogen-bond acceptors (Lipinski definition) is 0. The quantitative estimate of drug-likeness (QED) is 0.492. The van der Waals surface area contributed by atoms with Gasteiger partial charge in [-0.1, -0.05) is 50.9 Å². The van der Waals surface area contributed by atoms with Gasteiger partial charge >= 0.3 is 0 Å². The zero-order valence-electron chi connectivity index (χ0n) is 11.0. The molecule has 1 nitrogen and oxygen atoms in total. The first-order valence-corrected chi connectivity index (χ1v) is 8.09. The fourth-order valence-electron chi connectivity index (χ4n) is 2.65. The van der Waals surface area contributed by atoms with Gasteiger partial charge in [-0.05, 0) is 37.6 Å². The van der Waals surface area contributed by atoms with Crippen LogP contribution in [0.1, 0.15) is 26.3 Å². The third-order valence-electron chi connectivity index (χ3n) is 3.76. The van der Waals surface area contributed by atoms with Crippen LogP contribution < -0.4 is 0 Å². The Morgan fingerprint density at radius 1 is 0.947 bits per heavy atom. The summed E-state index contributed by atoms with van der Waals surface area (Å²) in [6.45, 7) is 4.51. The molecule has 1 aromatic heterocycles. The summed E-state index contributed by atoms with van der Waals surface area (Å²) in [5.41, 5.74) is 2.61. The molecule has 0 bridgehead atoms. The number of halogens is 2. The van der Waals surface area contributed by atoms with Gasteiger partial charge in [-0.2, -0.15) is 0 Å². The maximum absolute atomic E-state index is 3.59. The summed E-state index contributed by atoms with van der Waals surface area (Å²) >= 11 is 7.17. The van der Waals surface area contributed by atoms with Gasteiger partial charge in [0.25, 0.3) is 0 Å². The maximum atomic E-state index is 3.59. The highest BCUT2D eigenvalue weighted by atomic mass is 79.9. The molecule has 0 aliphatic heterocycles. The smallest absolute Gasteiger partial charge is 0.0505 e. The van der Waals surface area contributed by atoms with E-state index in [2.05, 4.69) is 86.7 Å². The van der Waals surface area contributed by atoms with Crippen molar-refractivity contribution in [3.63, 3.8) is 0 Å². The summed E-state index contributed by atoms with van der Waals surface area (Å²) in [5, 5.41) is 2.65. The summed E-state index contributed by atoms with van der Waals surface area (Å²) in [6, 6.07) is 13.6. The lowest BCUT2D eigenvalue weighted by Gasteiger charge is -2.15. The van der Waals surface area contributed by atoms with E-state index in [1.807, 2.05) is 0 Å². The van der Waals surface area contributed by atoms with Gasteiger partial charge in [0.05, 0.1) is 11.0 Å². The Labute approximate surface area is 129 Å². The second-order valence-corrected chi connectivity index (χ2v) is 6.78. The molecular weight excluding hydrogens is 366 g/mol.